The Kier molecular flexibility index (Phi) is 7.36. The monoisotopic (exact) mass is 257 g/mol. The lowest BCUT2D eigenvalue weighted by molar-refractivity contribution is -0.125. The van der Waals surface area contributed by atoms with E-state index in [0.29, 0.717) is 26.1 Å². The highest BCUT2D eigenvalue weighted by molar-refractivity contribution is 5.80. The van der Waals surface area contributed by atoms with E-state index in [-0.39, 0.29) is 17.7 Å². The number of carbonyl (C=O) groups is 2. The van der Waals surface area contributed by atoms with E-state index in [1.807, 2.05) is 0 Å². The summed E-state index contributed by atoms with van der Waals surface area (Å²) in [6.07, 6.45) is 2.28. The van der Waals surface area contributed by atoms with Crippen molar-refractivity contribution >= 4 is 11.8 Å². The van der Waals surface area contributed by atoms with Gasteiger partial charge in [-0.2, -0.15) is 0 Å². The fraction of sp³-hybridized carbons (Fsp3) is 0.833. The Morgan fingerprint density at radius 1 is 1.33 bits per heavy atom. The Balaban J connectivity index is 2.05. The minimum Gasteiger partial charge on any atom is -0.383 e. The Morgan fingerprint density at radius 2 is 2.17 bits per heavy atom. The van der Waals surface area contributed by atoms with Crippen LogP contribution in [0.5, 0.6) is 0 Å². The molecular weight excluding hydrogens is 234 g/mol. The summed E-state index contributed by atoms with van der Waals surface area (Å²) in [6.45, 7) is 3.15. The molecule has 0 aliphatic carbocycles. The fourth-order valence-electron chi connectivity index (χ4n) is 1.90. The number of hydrogen-bond acceptors (Lipinski definition) is 4. The van der Waals surface area contributed by atoms with Crippen LogP contribution >= 0.6 is 0 Å². The van der Waals surface area contributed by atoms with E-state index in [0.717, 1.165) is 25.9 Å². The summed E-state index contributed by atoms with van der Waals surface area (Å²) >= 11 is 0. The molecule has 1 saturated heterocycles. The largest absolute Gasteiger partial charge is 0.383 e. The number of carbonyl (C=O) groups excluding carboxylic acids is 2. The van der Waals surface area contributed by atoms with Gasteiger partial charge in [-0.25, -0.2) is 0 Å². The van der Waals surface area contributed by atoms with Crippen molar-refractivity contribution in [1.29, 1.82) is 0 Å². The van der Waals surface area contributed by atoms with Crippen LogP contribution in [0.1, 0.15) is 19.3 Å². The highest BCUT2D eigenvalue weighted by Crippen LogP contribution is 2.09. The molecule has 1 heterocycles. The van der Waals surface area contributed by atoms with Crippen LogP contribution < -0.4 is 16.0 Å². The maximum absolute atomic E-state index is 11.7. The molecule has 0 spiro atoms. The topological polar surface area (TPSA) is 79.5 Å². The molecule has 0 aromatic heterocycles. The molecule has 0 aromatic rings. The van der Waals surface area contributed by atoms with Crippen LogP contribution in [0.25, 0.3) is 0 Å². The first kappa shape index (κ1) is 14.9. The minimum atomic E-state index is -0.0610. The van der Waals surface area contributed by atoms with Gasteiger partial charge in [0, 0.05) is 33.2 Å². The van der Waals surface area contributed by atoms with E-state index in [1.165, 1.54) is 0 Å². The van der Waals surface area contributed by atoms with Crippen LogP contribution in [-0.4, -0.2) is 51.7 Å². The third-order valence-corrected chi connectivity index (χ3v) is 2.95. The van der Waals surface area contributed by atoms with Gasteiger partial charge in [-0.3, -0.25) is 9.59 Å². The molecule has 1 atom stereocenters. The maximum atomic E-state index is 11.7. The normalized spacial score (nSPS) is 19.3. The van der Waals surface area contributed by atoms with Gasteiger partial charge in [0.2, 0.25) is 11.8 Å². The summed E-state index contributed by atoms with van der Waals surface area (Å²) in [4.78, 5) is 23.1. The Morgan fingerprint density at radius 3 is 2.83 bits per heavy atom. The van der Waals surface area contributed by atoms with Crippen molar-refractivity contribution in [3.8, 4) is 0 Å². The van der Waals surface area contributed by atoms with Gasteiger partial charge in [-0.15, -0.1) is 0 Å². The van der Waals surface area contributed by atoms with Gasteiger partial charge in [-0.05, 0) is 19.4 Å². The van der Waals surface area contributed by atoms with Crippen LogP contribution in [0, 0.1) is 5.92 Å². The first-order valence-electron chi connectivity index (χ1n) is 6.48. The maximum Gasteiger partial charge on any atom is 0.224 e. The second-order valence-electron chi connectivity index (χ2n) is 4.43. The summed E-state index contributed by atoms with van der Waals surface area (Å²) in [5.74, 6) is 0.0383. The van der Waals surface area contributed by atoms with Crippen molar-refractivity contribution in [1.82, 2.24) is 16.0 Å². The summed E-state index contributed by atoms with van der Waals surface area (Å²) < 4.78 is 4.82. The highest BCUT2D eigenvalue weighted by atomic mass is 16.5. The second-order valence-corrected chi connectivity index (χ2v) is 4.43. The van der Waals surface area contributed by atoms with Crippen molar-refractivity contribution in [2.24, 2.45) is 5.92 Å². The number of rotatable bonds is 7. The van der Waals surface area contributed by atoms with Crippen LogP contribution in [0.15, 0.2) is 0 Å². The molecule has 104 valence electrons. The molecular formula is C12H23N3O3. The van der Waals surface area contributed by atoms with E-state index >= 15 is 0 Å². The number of amides is 2. The molecule has 0 saturated carbocycles. The molecule has 18 heavy (non-hydrogen) atoms. The summed E-state index contributed by atoms with van der Waals surface area (Å²) in [6, 6.07) is 0. The third kappa shape index (κ3) is 5.97. The molecule has 6 nitrogen and oxygen atoms in total. The van der Waals surface area contributed by atoms with Gasteiger partial charge in [0.15, 0.2) is 0 Å². The average molecular weight is 257 g/mol. The Labute approximate surface area is 108 Å². The van der Waals surface area contributed by atoms with Crippen LogP contribution in [0.2, 0.25) is 0 Å². The predicted octanol–water partition coefficient (Wildman–Crippen LogP) is -0.745. The lowest BCUT2D eigenvalue weighted by atomic mass is 9.99. The molecule has 1 aliphatic rings. The van der Waals surface area contributed by atoms with Crippen LogP contribution in [0.3, 0.4) is 0 Å². The van der Waals surface area contributed by atoms with Gasteiger partial charge in [0.25, 0.3) is 0 Å². The summed E-state index contributed by atoms with van der Waals surface area (Å²) in [5.41, 5.74) is 0. The van der Waals surface area contributed by atoms with E-state index in [9.17, 15) is 9.59 Å². The lowest BCUT2D eigenvalue weighted by Crippen LogP contribution is -2.41. The first-order chi connectivity index (χ1) is 8.74. The van der Waals surface area contributed by atoms with Crippen molar-refractivity contribution in [2.45, 2.75) is 19.3 Å². The van der Waals surface area contributed by atoms with Gasteiger partial charge >= 0.3 is 0 Å². The van der Waals surface area contributed by atoms with E-state index < -0.39 is 0 Å². The zero-order valence-electron chi connectivity index (χ0n) is 11.0. The Bertz CT molecular complexity index is 265. The van der Waals surface area contributed by atoms with Gasteiger partial charge in [0.05, 0.1) is 12.5 Å². The zero-order valence-corrected chi connectivity index (χ0v) is 11.0. The van der Waals surface area contributed by atoms with Gasteiger partial charge in [-0.1, -0.05) is 0 Å². The molecule has 0 aromatic carbocycles. The Hall–Kier alpha value is -1.14. The lowest BCUT2D eigenvalue weighted by Gasteiger charge is -2.21. The van der Waals surface area contributed by atoms with Crippen LogP contribution in [-0.2, 0) is 14.3 Å². The molecule has 1 rings (SSSR count). The van der Waals surface area contributed by atoms with Crippen molar-refractivity contribution in [3.63, 3.8) is 0 Å². The molecule has 0 bridgehead atoms. The molecule has 0 radical (unpaired) electrons. The van der Waals surface area contributed by atoms with Crippen molar-refractivity contribution in [3.05, 3.63) is 0 Å². The highest BCUT2D eigenvalue weighted by Gasteiger charge is 2.20. The number of hydrogen-bond donors (Lipinski definition) is 3. The quantitative estimate of drug-likeness (QED) is 0.525. The smallest absolute Gasteiger partial charge is 0.224 e. The first-order valence-corrected chi connectivity index (χ1v) is 6.48. The molecule has 1 fully saturated rings. The summed E-state index contributed by atoms with van der Waals surface area (Å²) in [7, 11) is 1.59. The molecule has 1 aliphatic heterocycles. The fourth-order valence-corrected chi connectivity index (χ4v) is 1.90. The zero-order chi connectivity index (χ0) is 13.2. The number of nitrogens with one attached hydrogen (secondary N) is 3. The van der Waals surface area contributed by atoms with Gasteiger partial charge in [0.1, 0.15) is 0 Å². The predicted molar refractivity (Wildman–Crippen MR) is 68.1 cm³/mol. The van der Waals surface area contributed by atoms with E-state index in [2.05, 4.69) is 16.0 Å². The number of methoxy groups -OCH3 is 1. The van der Waals surface area contributed by atoms with E-state index in [4.69, 9.17) is 4.74 Å². The van der Waals surface area contributed by atoms with Crippen molar-refractivity contribution < 1.29 is 14.3 Å². The minimum absolute atomic E-state index is 0.0480. The standard InChI is InChI=1S/C12H23N3O3/c1-18-8-7-14-11(16)4-6-15-12(17)10-3-2-5-13-9-10/h10,13H,2-9H2,1H3,(H,14,16)(H,15,17)/t10-/m1/s1. The second kappa shape index (κ2) is 8.88. The molecule has 2 amide bonds. The van der Waals surface area contributed by atoms with Gasteiger partial charge < -0.3 is 20.7 Å². The third-order valence-electron chi connectivity index (χ3n) is 2.95. The average Bonchev–Trinajstić information content (AvgIpc) is 2.40. The SMILES string of the molecule is COCCNC(=O)CCNC(=O)[C@@H]1CCCNC1. The molecule has 3 N–H and O–H groups in total. The van der Waals surface area contributed by atoms with Crippen molar-refractivity contribution in [2.75, 3.05) is 39.9 Å². The number of piperidine rings is 1. The molecule has 6 heteroatoms. The summed E-state index contributed by atoms with van der Waals surface area (Å²) in [5, 5.41) is 8.71. The number of ether oxygens (including phenoxy) is 1. The van der Waals surface area contributed by atoms with E-state index in [1.54, 1.807) is 7.11 Å². The van der Waals surface area contributed by atoms with Crippen LogP contribution in [0.4, 0.5) is 0 Å². The molecule has 0 unspecified atom stereocenters.